The molecule has 1 aromatic rings. The van der Waals surface area contributed by atoms with Gasteiger partial charge >= 0.3 is 0 Å². The number of halogens is 1. The zero-order valence-corrected chi connectivity index (χ0v) is 14.7. The van der Waals surface area contributed by atoms with Crippen LogP contribution in [0.5, 0.6) is 5.75 Å². The van der Waals surface area contributed by atoms with E-state index in [1.54, 1.807) is 19.2 Å². The van der Waals surface area contributed by atoms with E-state index < -0.39 is 4.92 Å². The van der Waals surface area contributed by atoms with Crippen LogP contribution in [0.4, 0.5) is 5.69 Å². The lowest BCUT2D eigenvalue weighted by Crippen LogP contribution is -2.27. The van der Waals surface area contributed by atoms with Gasteiger partial charge in [0.05, 0.1) is 18.6 Å². The van der Waals surface area contributed by atoms with Gasteiger partial charge in [0.2, 0.25) is 0 Å². The lowest BCUT2D eigenvalue weighted by molar-refractivity contribution is -0.384. The van der Waals surface area contributed by atoms with Crippen LogP contribution >= 0.6 is 12.4 Å². The molecule has 1 N–H and O–H groups in total. The standard InChI is InChI=1S/C16H26N2O4.ClH/c1-3-4-5-6-9-17(10-11-19)13-14-12-15(18(20)21)7-8-16(14)22-2;/h7-8,12,19H,3-6,9-11,13H2,1-2H3;1H. The van der Waals surface area contributed by atoms with Crippen LogP contribution < -0.4 is 4.74 Å². The topological polar surface area (TPSA) is 75.8 Å². The van der Waals surface area contributed by atoms with Crippen molar-refractivity contribution in [3.8, 4) is 5.75 Å². The van der Waals surface area contributed by atoms with Crippen molar-refractivity contribution in [3.63, 3.8) is 0 Å². The number of methoxy groups -OCH3 is 1. The minimum absolute atomic E-state index is 0. The number of rotatable bonds is 11. The van der Waals surface area contributed by atoms with Crippen molar-refractivity contribution in [3.05, 3.63) is 33.9 Å². The molecule has 0 aliphatic rings. The first-order valence-electron chi connectivity index (χ1n) is 7.76. The van der Waals surface area contributed by atoms with Crippen LogP contribution in [-0.2, 0) is 6.54 Å². The fourth-order valence-electron chi connectivity index (χ4n) is 2.42. The molecule has 0 saturated carbocycles. The Kier molecular flexibility index (Phi) is 11.4. The minimum atomic E-state index is -0.402. The molecule has 0 radical (unpaired) electrons. The van der Waals surface area contributed by atoms with Gasteiger partial charge in [0.25, 0.3) is 5.69 Å². The summed E-state index contributed by atoms with van der Waals surface area (Å²) in [6, 6.07) is 4.62. The summed E-state index contributed by atoms with van der Waals surface area (Å²) >= 11 is 0. The Balaban J connectivity index is 0.00000484. The third kappa shape index (κ3) is 7.63. The molecule has 0 aliphatic carbocycles. The summed E-state index contributed by atoms with van der Waals surface area (Å²) in [7, 11) is 1.56. The lowest BCUT2D eigenvalue weighted by Gasteiger charge is -2.22. The lowest BCUT2D eigenvalue weighted by atomic mass is 10.1. The van der Waals surface area contributed by atoms with E-state index in [2.05, 4.69) is 11.8 Å². The molecule has 0 fully saturated rings. The Morgan fingerprint density at radius 2 is 2.00 bits per heavy atom. The summed E-state index contributed by atoms with van der Waals surface area (Å²) in [6.07, 6.45) is 4.60. The smallest absolute Gasteiger partial charge is 0.270 e. The summed E-state index contributed by atoms with van der Waals surface area (Å²) in [5.74, 6) is 0.641. The largest absolute Gasteiger partial charge is 0.496 e. The predicted molar refractivity (Wildman–Crippen MR) is 93.4 cm³/mol. The molecule has 0 saturated heterocycles. The molecule has 1 aromatic carbocycles. The van der Waals surface area contributed by atoms with Gasteiger partial charge in [-0.1, -0.05) is 26.2 Å². The van der Waals surface area contributed by atoms with Gasteiger partial charge in [0, 0.05) is 30.8 Å². The van der Waals surface area contributed by atoms with Crippen molar-refractivity contribution in [2.45, 2.75) is 39.2 Å². The van der Waals surface area contributed by atoms with Gasteiger partial charge in [0.15, 0.2) is 0 Å². The second-order valence-corrected chi connectivity index (χ2v) is 5.31. The van der Waals surface area contributed by atoms with E-state index in [0.29, 0.717) is 18.8 Å². The molecule has 0 amide bonds. The summed E-state index contributed by atoms with van der Waals surface area (Å²) in [6.45, 7) is 4.20. The Labute approximate surface area is 144 Å². The van der Waals surface area contributed by atoms with Crippen LogP contribution in [0.1, 0.15) is 38.2 Å². The van der Waals surface area contributed by atoms with Crippen molar-refractivity contribution in [1.82, 2.24) is 4.90 Å². The summed E-state index contributed by atoms with van der Waals surface area (Å²) in [5.41, 5.74) is 0.839. The third-order valence-corrected chi connectivity index (χ3v) is 3.61. The summed E-state index contributed by atoms with van der Waals surface area (Å²) in [5, 5.41) is 20.1. The first-order valence-corrected chi connectivity index (χ1v) is 7.76. The number of nitro groups is 1. The average molecular weight is 347 g/mol. The highest BCUT2D eigenvalue weighted by atomic mass is 35.5. The predicted octanol–water partition coefficient (Wildman–Crippen LogP) is 3.40. The van der Waals surface area contributed by atoms with Crippen LogP contribution in [-0.4, -0.2) is 41.7 Å². The maximum atomic E-state index is 10.9. The number of hydrogen-bond acceptors (Lipinski definition) is 5. The highest BCUT2D eigenvalue weighted by Gasteiger charge is 2.14. The fourth-order valence-corrected chi connectivity index (χ4v) is 2.42. The van der Waals surface area contributed by atoms with Crippen molar-refractivity contribution in [1.29, 1.82) is 0 Å². The van der Waals surface area contributed by atoms with E-state index in [-0.39, 0.29) is 24.7 Å². The van der Waals surface area contributed by atoms with Crippen LogP contribution in [0.15, 0.2) is 18.2 Å². The molecule has 0 atom stereocenters. The van der Waals surface area contributed by atoms with Crippen molar-refractivity contribution in [2.24, 2.45) is 0 Å². The number of unbranched alkanes of at least 4 members (excludes halogenated alkanes) is 3. The second-order valence-electron chi connectivity index (χ2n) is 5.31. The number of aliphatic hydroxyl groups is 1. The summed E-state index contributed by atoms with van der Waals surface area (Å²) < 4.78 is 5.29. The molecule has 6 nitrogen and oxygen atoms in total. The molecular formula is C16H27ClN2O4. The molecule has 132 valence electrons. The first-order chi connectivity index (χ1) is 10.6. The number of nitro benzene ring substituents is 1. The molecule has 0 spiro atoms. The van der Waals surface area contributed by atoms with E-state index in [1.165, 1.54) is 18.9 Å². The van der Waals surface area contributed by atoms with E-state index in [4.69, 9.17) is 4.74 Å². The van der Waals surface area contributed by atoms with Crippen LogP contribution in [0.2, 0.25) is 0 Å². The van der Waals surface area contributed by atoms with Crippen LogP contribution in [0.25, 0.3) is 0 Å². The maximum Gasteiger partial charge on any atom is 0.270 e. The maximum absolute atomic E-state index is 10.9. The minimum Gasteiger partial charge on any atom is -0.496 e. The number of hydrogen-bond donors (Lipinski definition) is 1. The molecule has 7 heteroatoms. The number of benzene rings is 1. The first kappa shape index (κ1) is 21.6. The van der Waals surface area contributed by atoms with Gasteiger partial charge in [-0.2, -0.15) is 0 Å². The quantitative estimate of drug-likeness (QED) is 0.377. The second kappa shape index (κ2) is 12.1. The van der Waals surface area contributed by atoms with Gasteiger partial charge in [-0.3, -0.25) is 15.0 Å². The van der Waals surface area contributed by atoms with Gasteiger partial charge < -0.3 is 9.84 Å². The van der Waals surface area contributed by atoms with Crippen molar-refractivity contribution in [2.75, 3.05) is 26.8 Å². The Morgan fingerprint density at radius 1 is 1.26 bits per heavy atom. The monoisotopic (exact) mass is 346 g/mol. The molecule has 0 aromatic heterocycles. The van der Waals surface area contributed by atoms with Gasteiger partial charge in [-0.15, -0.1) is 12.4 Å². The molecular weight excluding hydrogens is 320 g/mol. The number of nitrogens with zero attached hydrogens (tertiary/aromatic N) is 2. The van der Waals surface area contributed by atoms with Gasteiger partial charge in [-0.25, -0.2) is 0 Å². The van der Waals surface area contributed by atoms with Crippen molar-refractivity contribution < 1.29 is 14.8 Å². The Bertz CT molecular complexity index is 471. The number of ether oxygens (including phenoxy) is 1. The molecule has 0 heterocycles. The third-order valence-electron chi connectivity index (χ3n) is 3.61. The SMILES string of the molecule is CCCCCCN(CCO)Cc1cc([N+](=O)[O-])ccc1OC.Cl. The average Bonchev–Trinajstić information content (AvgIpc) is 2.51. The molecule has 0 aliphatic heterocycles. The Morgan fingerprint density at radius 3 is 2.57 bits per heavy atom. The highest BCUT2D eigenvalue weighted by Crippen LogP contribution is 2.25. The van der Waals surface area contributed by atoms with E-state index in [1.807, 2.05) is 0 Å². The van der Waals surface area contributed by atoms with E-state index >= 15 is 0 Å². The molecule has 23 heavy (non-hydrogen) atoms. The molecule has 0 unspecified atom stereocenters. The van der Waals surface area contributed by atoms with Crippen LogP contribution in [0, 0.1) is 10.1 Å². The number of aliphatic hydroxyl groups excluding tert-OH is 1. The van der Waals surface area contributed by atoms with Gasteiger partial charge in [-0.05, 0) is 19.0 Å². The fraction of sp³-hybridized carbons (Fsp3) is 0.625. The van der Waals surface area contributed by atoms with Crippen LogP contribution in [0.3, 0.4) is 0 Å². The van der Waals surface area contributed by atoms with Gasteiger partial charge in [0.1, 0.15) is 5.75 Å². The van der Waals surface area contributed by atoms with E-state index in [9.17, 15) is 15.2 Å². The summed E-state index contributed by atoms with van der Waals surface area (Å²) in [4.78, 5) is 12.6. The Hall–Kier alpha value is -1.37. The number of non-ortho nitro benzene ring substituents is 1. The molecule has 0 bridgehead atoms. The molecule has 1 rings (SSSR count). The van der Waals surface area contributed by atoms with E-state index in [0.717, 1.165) is 24.9 Å². The zero-order chi connectivity index (χ0) is 16.4. The highest BCUT2D eigenvalue weighted by molar-refractivity contribution is 5.85. The van der Waals surface area contributed by atoms with Crippen molar-refractivity contribution >= 4 is 18.1 Å². The zero-order valence-electron chi connectivity index (χ0n) is 13.9. The normalized spacial score (nSPS) is 10.4.